The lowest BCUT2D eigenvalue weighted by atomic mass is 9.62. The van der Waals surface area contributed by atoms with Gasteiger partial charge in [-0.2, -0.15) is 0 Å². The summed E-state index contributed by atoms with van der Waals surface area (Å²) in [6.07, 6.45) is -0.575. The summed E-state index contributed by atoms with van der Waals surface area (Å²) in [6.45, 7) is 0.122. The number of carbonyl (C=O) groups is 1. The number of esters is 1. The summed E-state index contributed by atoms with van der Waals surface area (Å²) in [5.74, 6) is -3.23. The lowest BCUT2D eigenvalue weighted by Gasteiger charge is -2.47. The lowest BCUT2D eigenvalue weighted by molar-refractivity contribution is -0.123. The molecule has 0 saturated heterocycles. The van der Waals surface area contributed by atoms with Crippen LogP contribution in [-0.4, -0.2) is 25.5 Å². The van der Waals surface area contributed by atoms with Crippen molar-refractivity contribution in [2.45, 2.75) is 24.2 Å². The molecular weight excluding hydrogens is 276 g/mol. The fourth-order valence-corrected chi connectivity index (χ4v) is 2.78. The number of nitrogens with two attached hydrogens (primary N) is 1. The molecule has 0 bridgehead atoms. The minimum atomic E-state index is -2.67. The zero-order chi connectivity index (χ0) is 14.3. The topological polar surface area (TPSA) is 52.3 Å². The Morgan fingerprint density at radius 1 is 1.47 bits per heavy atom. The molecule has 1 aliphatic rings. The van der Waals surface area contributed by atoms with Crippen LogP contribution in [0.3, 0.4) is 0 Å². The number of benzene rings is 1. The van der Waals surface area contributed by atoms with Gasteiger partial charge in [0.25, 0.3) is 0 Å². The van der Waals surface area contributed by atoms with Crippen molar-refractivity contribution < 1.29 is 18.3 Å². The van der Waals surface area contributed by atoms with E-state index in [-0.39, 0.29) is 30.0 Å². The van der Waals surface area contributed by atoms with E-state index in [2.05, 4.69) is 4.74 Å². The van der Waals surface area contributed by atoms with Crippen LogP contribution >= 0.6 is 11.6 Å². The van der Waals surface area contributed by atoms with Gasteiger partial charge in [0.05, 0.1) is 17.7 Å². The molecule has 1 aromatic carbocycles. The highest BCUT2D eigenvalue weighted by molar-refractivity contribution is 6.33. The molecular formula is C13H14ClF2NO2. The Morgan fingerprint density at radius 3 is 2.53 bits per heavy atom. The van der Waals surface area contributed by atoms with Crippen molar-refractivity contribution >= 4 is 17.6 Å². The van der Waals surface area contributed by atoms with Crippen LogP contribution in [-0.2, 0) is 10.2 Å². The molecule has 1 aliphatic carbocycles. The van der Waals surface area contributed by atoms with Gasteiger partial charge in [-0.1, -0.05) is 17.7 Å². The van der Waals surface area contributed by atoms with Crippen molar-refractivity contribution in [1.29, 1.82) is 0 Å². The third-order valence-corrected chi connectivity index (χ3v) is 3.88. The Morgan fingerprint density at radius 2 is 2.11 bits per heavy atom. The molecule has 0 radical (unpaired) electrons. The quantitative estimate of drug-likeness (QED) is 0.871. The van der Waals surface area contributed by atoms with Crippen molar-refractivity contribution in [3.63, 3.8) is 0 Å². The van der Waals surface area contributed by atoms with Gasteiger partial charge in [0.1, 0.15) is 0 Å². The van der Waals surface area contributed by atoms with E-state index in [1.807, 2.05) is 0 Å². The maximum atomic E-state index is 13.1. The molecule has 1 fully saturated rings. The van der Waals surface area contributed by atoms with Gasteiger partial charge < -0.3 is 10.5 Å². The van der Waals surface area contributed by atoms with Crippen molar-refractivity contribution in [3.05, 3.63) is 34.3 Å². The summed E-state index contributed by atoms with van der Waals surface area (Å²) in [5.41, 5.74) is 5.73. The first-order valence-corrected chi connectivity index (χ1v) is 6.18. The number of carbonyl (C=O) groups excluding carboxylic acids is 1. The smallest absolute Gasteiger partial charge is 0.339 e. The molecule has 0 atom stereocenters. The molecule has 0 spiro atoms. The molecule has 0 heterocycles. The van der Waals surface area contributed by atoms with Crippen LogP contribution in [0.1, 0.15) is 28.8 Å². The van der Waals surface area contributed by atoms with Crippen molar-refractivity contribution in [1.82, 2.24) is 0 Å². The van der Waals surface area contributed by atoms with E-state index in [4.69, 9.17) is 17.3 Å². The van der Waals surface area contributed by atoms with Crippen LogP contribution in [0.4, 0.5) is 8.78 Å². The Labute approximate surface area is 114 Å². The van der Waals surface area contributed by atoms with E-state index in [0.29, 0.717) is 5.56 Å². The highest BCUT2D eigenvalue weighted by Gasteiger charge is 2.56. The summed E-state index contributed by atoms with van der Waals surface area (Å²) in [6, 6.07) is 4.62. The number of ether oxygens (including phenoxy) is 1. The second-order valence-corrected chi connectivity index (χ2v) is 5.29. The summed E-state index contributed by atoms with van der Waals surface area (Å²) < 4.78 is 30.8. The Bertz CT molecular complexity index is 511. The molecule has 104 valence electrons. The molecule has 2 rings (SSSR count). The fourth-order valence-electron chi connectivity index (χ4n) is 2.53. The van der Waals surface area contributed by atoms with Gasteiger partial charge in [0.2, 0.25) is 5.92 Å². The third kappa shape index (κ3) is 2.44. The first kappa shape index (κ1) is 14.2. The van der Waals surface area contributed by atoms with Crippen molar-refractivity contribution in [2.24, 2.45) is 5.73 Å². The monoisotopic (exact) mass is 289 g/mol. The van der Waals surface area contributed by atoms with Crippen LogP contribution in [0.2, 0.25) is 5.02 Å². The highest BCUT2D eigenvalue weighted by Crippen LogP contribution is 2.53. The predicted octanol–water partition coefficient (Wildman–Crippen LogP) is 2.75. The zero-order valence-electron chi connectivity index (χ0n) is 10.4. The van der Waals surface area contributed by atoms with Crippen LogP contribution in [0.15, 0.2) is 18.2 Å². The summed E-state index contributed by atoms with van der Waals surface area (Å²) in [7, 11) is 1.25. The van der Waals surface area contributed by atoms with Gasteiger partial charge in [0.15, 0.2) is 0 Å². The third-order valence-electron chi connectivity index (χ3n) is 3.57. The second-order valence-electron chi connectivity index (χ2n) is 4.88. The van der Waals surface area contributed by atoms with Gasteiger partial charge in [-0.3, -0.25) is 0 Å². The van der Waals surface area contributed by atoms with E-state index >= 15 is 0 Å². The number of alkyl halides is 2. The molecule has 0 aliphatic heterocycles. The second kappa shape index (κ2) is 4.72. The predicted molar refractivity (Wildman–Crippen MR) is 67.7 cm³/mol. The first-order chi connectivity index (χ1) is 8.83. The number of hydrogen-bond acceptors (Lipinski definition) is 3. The fraction of sp³-hybridized carbons (Fsp3) is 0.462. The minimum Gasteiger partial charge on any atom is -0.465 e. The van der Waals surface area contributed by atoms with Crippen LogP contribution in [0, 0.1) is 0 Å². The van der Waals surface area contributed by atoms with Crippen LogP contribution < -0.4 is 5.73 Å². The van der Waals surface area contributed by atoms with Crippen molar-refractivity contribution in [2.75, 3.05) is 13.7 Å². The van der Waals surface area contributed by atoms with Crippen LogP contribution in [0.25, 0.3) is 0 Å². The van der Waals surface area contributed by atoms with Gasteiger partial charge >= 0.3 is 5.97 Å². The maximum absolute atomic E-state index is 13.1. The molecule has 0 aromatic heterocycles. The Hall–Kier alpha value is -1.20. The lowest BCUT2D eigenvalue weighted by Crippen LogP contribution is -2.53. The largest absolute Gasteiger partial charge is 0.465 e. The molecule has 19 heavy (non-hydrogen) atoms. The molecule has 0 unspecified atom stereocenters. The van der Waals surface area contributed by atoms with E-state index in [1.54, 1.807) is 6.07 Å². The van der Waals surface area contributed by atoms with Gasteiger partial charge in [0, 0.05) is 24.8 Å². The molecule has 3 nitrogen and oxygen atoms in total. The number of hydrogen-bond donors (Lipinski definition) is 1. The number of halogens is 3. The van der Waals surface area contributed by atoms with Gasteiger partial charge in [-0.25, -0.2) is 13.6 Å². The Kier molecular flexibility index (Phi) is 3.53. The highest BCUT2D eigenvalue weighted by atomic mass is 35.5. The van der Waals surface area contributed by atoms with E-state index in [9.17, 15) is 13.6 Å². The van der Waals surface area contributed by atoms with E-state index in [0.717, 1.165) is 0 Å². The molecule has 1 aromatic rings. The van der Waals surface area contributed by atoms with Gasteiger partial charge in [-0.05, 0) is 17.7 Å². The molecule has 2 N–H and O–H groups in total. The molecule has 6 heteroatoms. The molecule has 0 amide bonds. The van der Waals surface area contributed by atoms with Gasteiger partial charge in [-0.15, -0.1) is 0 Å². The van der Waals surface area contributed by atoms with E-state index < -0.39 is 17.3 Å². The molecule has 1 saturated carbocycles. The van der Waals surface area contributed by atoms with Crippen molar-refractivity contribution in [3.8, 4) is 0 Å². The zero-order valence-corrected chi connectivity index (χ0v) is 11.1. The standard InChI is InChI=1S/C13H14ClF2NO2/c1-19-11(18)9-3-2-8(4-10(9)14)12(7-17)5-13(15,16)6-12/h2-4H,5-7,17H2,1H3. The summed E-state index contributed by atoms with van der Waals surface area (Å²) in [4.78, 5) is 11.4. The van der Waals surface area contributed by atoms with E-state index in [1.165, 1.54) is 19.2 Å². The SMILES string of the molecule is COC(=O)c1ccc(C2(CN)CC(F)(F)C2)cc1Cl. The number of methoxy groups -OCH3 is 1. The first-order valence-electron chi connectivity index (χ1n) is 5.80. The normalized spacial score (nSPS) is 19.6. The maximum Gasteiger partial charge on any atom is 0.339 e. The minimum absolute atomic E-state index is 0.122. The Balaban J connectivity index is 2.32. The van der Waals surface area contributed by atoms with Crippen LogP contribution in [0.5, 0.6) is 0 Å². The summed E-state index contributed by atoms with van der Waals surface area (Å²) >= 11 is 5.99. The summed E-state index contributed by atoms with van der Waals surface area (Å²) in [5, 5.41) is 0.187. The average molecular weight is 290 g/mol. The average Bonchev–Trinajstić information content (AvgIpc) is 2.34. The number of rotatable bonds is 3.